The Morgan fingerprint density at radius 3 is 2.89 bits per heavy atom. The first-order valence-electron chi connectivity index (χ1n) is 5.16. The van der Waals surface area contributed by atoms with Gasteiger partial charge in [-0.1, -0.05) is 12.1 Å². The normalized spacial score (nSPS) is 13.7. The number of fused-ring (bicyclic) bond motifs is 3. The molecule has 0 fully saturated rings. The van der Waals surface area contributed by atoms with E-state index in [1.165, 1.54) is 0 Å². The molecule has 0 radical (unpaired) electrons. The van der Waals surface area contributed by atoms with E-state index < -0.39 is 11.6 Å². The van der Waals surface area contributed by atoms with Gasteiger partial charge in [0.05, 0.1) is 5.39 Å². The Kier molecular flexibility index (Phi) is 2.16. The molecule has 2 aromatic rings. The second kappa shape index (κ2) is 3.69. The van der Waals surface area contributed by atoms with Gasteiger partial charge in [0.15, 0.2) is 17.1 Å². The first-order valence-corrected chi connectivity index (χ1v) is 5.16. The number of benzene rings is 1. The third kappa shape index (κ3) is 1.46. The summed E-state index contributed by atoms with van der Waals surface area (Å²) in [7, 11) is 0. The average molecular weight is 245 g/mol. The molecule has 0 saturated heterocycles. The van der Waals surface area contributed by atoms with Crippen molar-refractivity contribution in [3.8, 4) is 5.75 Å². The number of aliphatic carboxylic acids is 1. The van der Waals surface area contributed by atoms with Crippen LogP contribution in [0.4, 0.5) is 5.69 Å². The molecular weight excluding hydrogens is 238 g/mol. The van der Waals surface area contributed by atoms with Crippen LogP contribution in [0, 0.1) is 0 Å². The van der Waals surface area contributed by atoms with Crippen LogP contribution in [0.3, 0.4) is 0 Å². The molecule has 3 rings (SSSR count). The van der Waals surface area contributed by atoms with E-state index in [9.17, 15) is 9.59 Å². The number of aliphatic imine (C=N–C) groups is 1. The van der Waals surface area contributed by atoms with Crippen LogP contribution in [0.15, 0.2) is 38.5 Å². The molecule has 0 unspecified atom stereocenters. The van der Waals surface area contributed by atoms with E-state index in [2.05, 4.69) is 4.99 Å². The van der Waals surface area contributed by atoms with Crippen LogP contribution in [-0.4, -0.2) is 23.4 Å². The van der Waals surface area contributed by atoms with Crippen LogP contribution in [0.5, 0.6) is 5.75 Å². The monoisotopic (exact) mass is 245 g/mol. The van der Waals surface area contributed by atoms with Crippen molar-refractivity contribution in [3.05, 3.63) is 34.7 Å². The van der Waals surface area contributed by atoms with Gasteiger partial charge >= 0.3 is 11.6 Å². The minimum Gasteiger partial charge on any atom is -0.484 e. The lowest BCUT2D eigenvalue weighted by atomic mass is 10.2. The molecule has 6 nitrogen and oxygen atoms in total. The summed E-state index contributed by atoms with van der Waals surface area (Å²) in [5, 5.41) is 9.42. The first-order chi connectivity index (χ1) is 8.66. The topological polar surface area (TPSA) is 89.1 Å². The summed E-state index contributed by atoms with van der Waals surface area (Å²) in [4.78, 5) is 26.3. The number of rotatable bonds is 1. The minimum atomic E-state index is -1.21. The number of para-hydroxylation sites is 1. The van der Waals surface area contributed by atoms with Crippen LogP contribution in [0.2, 0.25) is 0 Å². The van der Waals surface area contributed by atoms with Crippen LogP contribution in [0.1, 0.15) is 0 Å². The van der Waals surface area contributed by atoms with E-state index in [1.54, 1.807) is 24.3 Å². The Balaban J connectivity index is 2.35. The molecule has 0 spiro atoms. The zero-order valence-electron chi connectivity index (χ0n) is 9.04. The van der Waals surface area contributed by atoms with Gasteiger partial charge in [-0.05, 0) is 12.1 Å². The third-order valence-electron chi connectivity index (χ3n) is 2.59. The van der Waals surface area contributed by atoms with Crippen molar-refractivity contribution in [2.24, 2.45) is 4.99 Å². The van der Waals surface area contributed by atoms with Crippen molar-refractivity contribution in [2.45, 2.75) is 0 Å². The highest BCUT2D eigenvalue weighted by Crippen LogP contribution is 2.34. The molecule has 1 aromatic carbocycles. The fourth-order valence-corrected chi connectivity index (χ4v) is 1.77. The molecule has 6 heteroatoms. The molecule has 1 aliphatic rings. The Labute approximate surface area is 100 Å². The number of carbonyl (C=O) groups is 1. The molecule has 18 heavy (non-hydrogen) atoms. The first kappa shape index (κ1) is 10.5. The van der Waals surface area contributed by atoms with Crippen molar-refractivity contribution in [1.29, 1.82) is 0 Å². The van der Waals surface area contributed by atoms with Gasteiger partial charge in [0.25, 0.3) is 0 Å². The van der Waals surface area contributed by atoms with Gasteiger partial charge in [-0.2, -0.15) is 0 Å². The van der Waals surface area contributed by atoms with Crippen molar-refractivity contribution < 1.29 is 19.1 Å². The standard InChI is InChI=1S/C12H7NO5/c14-11(15)7-5-17-10-6-3-1-2-4-8(6)18-12(16)9(10)13-7/h1-4H,5H2,(H,14,15). The molecule has 0 saturated carbocycles. The van der Waals surface area contributed by atoms with Crippen LogP contribution in [-0.2, 0) is 4.79 Å². The number of carboxylic acid groups (broad SMARTS) is 1. The highest BCUT2D eigenvalue weighted by molar-refractivity contribution is 6.37. The smallest absolute Gasteiger partial charge is 0.366 e. The Morgan fingerprint density at radius 1 is 1.33 bits per heavy atom. The summed E-state index contributed by atoms with van der Waals surface area (Å²) in [6.07, 6.45) is 0. The van der Waals surface area contributed by atoms with Crippen molar-refractivity contribution in [1.82, 2.24) is 0 Å². The maximum absolute atomic E-state index is 11.7. The minimum absolute atomic E-state index is 0.0997. The Hall–Kier alpha value is -2.63. The predicted molar refractivity (Wildman–Crippen MR) is 62.7 cm³/mol. The van der Waals surface area contributed by atoms with Crippen molar-refractivity contribution in [3.63, 3.8) is 0 Å². The maximum atomic E-state index is 11.7. The van der Waals surface area contributed by atoms with Crippen molar-refractivity contribution in [2.75, 3.05) is 6.61 Å². The lowest BCUT2D eigenvalue weighted by Crippen LogP contribution is -2.25. The van der Waals surface area contributed by atoms with Crippen LogP contribution < -0.4 is 10.4 Å². The second-order valence-corrected chi connectivity index (χ2v) is 3.72. The van der Waals surface area contributed by atoms with Gasteiger partial charge in [0.1, 0.15) is 12.2 Å². The van der Waals surface area contributed by atoms with E-state index >= 15 is 0 Å². The summed E-state index contributed by atoms with van der Waals surface area (Å²) in [5.74, 6) is -0.944. The van der Waals surface area contributed by atoms with Gasteiger partial charge < -0.3 is 14.3 Å². The second-order valence-electron chi connectivity index (χ2n) is 3.72. The van der Waals surface area contributed by atoms with E-state index in [4.69, 9.17) is 14.3 Å². The summed E-state index contributed by atoms with van der Waals surface area (Å²) in [5.41, 5.74) is -0.639. The lowest BCUT2D eigenvalue weighted by Gasteiger charge is -2.15. The molecule has 2 heterocycles. The quantitative estimate of drug-likeness (QED) is 0.766. The average Bonchev–Trinajstić information content (AvgIpc) is 2.38. The number of carboxylic acids is 1. The van der Waals surface area contributed by atoms with Crippen LogP contribution >= 0.6 is 0 Å². The summed E-state index contributed by atoms with van der Waals surface area (Å²) < 4.78 is 10.4. The molecule has 0 bridgehead atoms. The van der Waals surface area contributed by atoms with Gasteiger partial charge in [-0.25, -0.2) is 14.6 Å². The van der Waals surface area contributed by atoms with E-state index in [0.717, 1.165) is 0 Å². The zero-order chi connectivity index (χ0) is 12.7. The number of hydrogen-bond acceptors (Lipinski definition) is 5. The van der Waals surface area contributed by atoms with Crippen LogP contribution in [0.25, 0.3) is 11.0 Å². The molecule has 1 aliphatic heterocycles. The summed E-state index contributed by atoms with van der Waals surface area (Å²) >= 11 is 0. The number of hydrogen-bond donors (Lipinski definition) is 1. The van der Waals surface area contributed by atoms with Crippen molar-refractivity contribution >= 4 is 28.3 Å². The van der Waals surface area contributed by atoms with E-state index in [1.807, 2.05) is 0 Å². The summed E-state index contributed by atoms with van der Waals surface area (Å²) in [6.45, 7) is -0.171. The fraction of sp³-hybridized carbons (Fsp3) is 0.0833. The van der Waals surface area contributed by atoms with E-state index in [0.29, 0.717) is 11.0 Å². The Morgan fingerprint density at radius 2 is 2.11 bits per heavy atom. The SMILES string of the molecule is O=C(O)C1=Nc2c(c3ccccc3oc2=O)OC1. The Bertz CT molecular complexity index is 744. The lowest BCUT2D eigenvalue weighted by molar-refractivity contribution is -0.129. The zero-order valence-corrected chi connectivity index (χ0v) is 9.04. The fourth-order valence-electron chi connectivity index (χ4n) is 1.77. The van der Waals surface area contributed by atoms with Gasteiger partial charge in [-0.15, -0.1) is 0 Å². The number of ether oxygens (including phenoxy) is 1. The maximum Gasteiger partial charge on any atom is 0.366 e. The van der Waals surface area contributed by atoms with Gasteiger partial charge in [0, 0.05) is 0 Å². The molecule has 0 amide bonds. The molecule has 0 aliphatic carbocycles. The predicted octanol–water partition coefficient (Wildman–Crippen LogP) is 1.34. The van der Waals surface area contributed by atoms with Gasteiger partial charge in [-0.3, -0.25) is 0 Å². The van der Waals surface area contributed by atoms with E-state index in [-0.39, 0.29) is 23.8 Å². The molecular formula is C12H7NO5. The summed E-state index contributed by atoms with van der Waals surface area (Å²) in [6, 6.07) is 6.85. The molecule has 90 valence electrons. The third-order valence-corrected chi connectivity index (χ3v) is 2.59. The molecule has 1 N–H and O–H groups in total. The largest absolute Gasteiger partial charge is 0.484 e. The molecule has 1 aromatic heterocycles. The highest BCUT2D eigenvalue weighted by Gasteiger charge is 2.23. The highest BCUT2D eigenvalue weighted by atomic mass is 16.5. The molecule has 0 atom stereocenters. The van der Waals surface area contributed by atoms with Gasteiger partial charge in [0.2, 0.25) is 0 Å². The number of nitrogens with zero attached hydrogens (tertiary/aromatic N) is 1.